The Kier molecular flexibility index (Phi) is 3.57. The number of anilines is 1. The molecule has 0 atom stereocenters. The van der Waals surface area contributed by atoms with Crippen molar-refractivity contribution >= 4 is 40.4 Å². The van der Waals surface area contributed by atoms with E-state index in [-0.39, 0.29) is 5.91 Å². The third kappa shape index (κ3) is 2.73. The van der Waals surface area contributed by atoms with Crippen molar-refractivity contribution in [3.8, 4) is 0 Å². The first kappa shape index (κ1) is 13.9. The zero-order valence-electron chi connectivity index (χ0n) is 11.1. The third-order valence-electron chi connectivity index (χ3n) is 3.05. The SMILES string of the molecule is Cc1ccn2cc(C(=O)Nc3cccc(Cl)c3Cl)nc2c1. The van der Waals surface area contributed by atoms with Gasteiger partial charge in [0.25, 0.3) is 5.91 Å². The van der Waals surface area contributed by atoms with Crippen LogP contribution in [0.25, 0.3) is 5.65 Å². The van der Waals surface area contributed by atoms with Crippen LogP contribution in [-0.2, 0) is 0 Å². The maximum absolute atomic E-state index is 12.2. The van der Waals surface area contributed by atoms with Gasteiger partial charge in [-0.15, -0.1) is 0 Å². The molecule has 0 radical (unpaired) electrons. The molecule has 0 bridgehead atoms. The van der Waals surface area contributed by atoms with Crippen molar-refractivity contribution in [1.29, 1.82) is 0 Å². The van der Waals surface area contributed by atoms with Crippen molar-refractivity contribution in [3.05, 3.63) is 64.0 Å². The van der Waals surface area contributed by atoms with Crippen LogP contribution in [0.1, 0.15) is 16.1 Å². The molecular weight excluding hydrogens is 309 g/mol. The number of carbonyl (C=O) groups excluding carboxylic acids is 1. The smallest absolute Gasteiger partial charge is 0.275 e. The summed E-state index contributed by atoms with van der Waals surface area (Å²) < 4.78 is 1.79. The zero-order valence-corrected chi connectivity index (χ0v) is 12.6. The Morgan fingerprint density at radius 2 is 2.10 bits per heavy atom. The lowest BCUT2D eigenvalue weighted by Gasteiger charge is -2.06. The highest BCUT2D eigenvalue weighted by Gasteiger charge is 2.13. The highest BCUT2D eigenvalue weighted by atomic mass is 35.5. The number of nitrogens with one attached hydrogen (secondary N) is 1. The number of halogens is 2. The first-order chi connectivity index (χ1) is 10.0. The maximum atomic E-state index is 12.2. The summed E-state index contributed by atoms with van der Waals surface area (Å²) in [6, 6.07) is 8.92. The molecule has 1 N–H and O–H groups in total. The first-order valence-corrected chi connectivity index (χ1v) is 7.01. The highest BCUT2D eigenvalue weighted by Crippen LogP contribution is 2.29. The summed E-state index contributed by atoms with van der Waals surface area (Å²) in [5.41, 5.74) is 2.58. The van der Waals surface area contributed by atoms with Crippen molar-refractivity contribution in [1.82, 2.24) is 9.38 Å². The Morgan fingerprint density at radius 1 is 1.29 bits per heavy atom. The van der Waals surface area contributed by atoms with Gasteiger partial charge in [0.15, 0.2) is 0 Å². The van der Waals surface area contributed by atoms with Crippen molar-refractivity contribution in [2.24, 2.45) is 0 Å². The molecule has 0 aliphatic rings. The van der Waals surface area contributed by atoms with Gasteiger partial charge in [0.2, 0.25) is 0 Å². The summed E-state index contributed by atoms with van der Waals surface area (Å²) in [5.74, 6) is -0.333. The lowest BCUT2D eigenvalue weighted by Crippen LogP contribution is -2.12. The average molecular weight is 320 g/mol. The molecule has 1 aromatic carbocycles. The largest absolute Gasteiger partial charge is 0.319 e. The molecule has 1 amide bonds. The van der Waals surface area contributed by atoms with Crippen LogP contribution >= 0.6 is 23.2 Å². The number of amides is 1. The number of rotatable bonds is 2. The number of benzene rings is 1. The van der Waals surface area contributed by atoms with E-state index in [1.54, 1.807) is 28.8 Å². The molecule has 0 aliphatic heterocycles. The molecule has 6 heteroatoms. The summed E-state index contributed by atoms with van der Waals surface area (Å²) in [6.07, 6.45) is 3.53. The minimum absolute atomic E-state index is 0.312. The maximum Gasteiger partial charge on any atom is 0.275 e. The van der Waals surface area contributed by atoms with Crippen LogP contribution in [0.3, 0.4) is 0 Å². The predicted molar refractivity (Wildman–Crippen MR) is 84.3 cm³/mol. The van der Waals surface area contributed by atoms with Crippen molar-refractivity contribution in [2.45, 2.75) is 6.92 Å². The molecule has 3 rings (SSSR count). The normalized spacial score (nSPS) is 10.8. The van der Waals surface area contributed by atoms with Gasteiger partial charge >= 0.3 is 0 Å². The highest BCUT2D eigenvalue weighted by molar-refractivity contribution is 6.44. The molecule has 4 nitrogen and oxygen atoms in total. The molecule has 21 heavy (non-hydrogen) atoms. The monoisotopic (exact) mass is 319 g/mol. The van der Waals surface area contributed by atoms with Gasteiger partial charge in [-0.05, 0) is 36.8 Å². The molecule has 0 aliphatic carbocycles. The molecule has 0 spiro atoms. The van der Waals surface area contributed by atoms with E-state index in [4.69, 9.17) is 23.2 Å². The fourth-order valence-corrected chi connectivity index (χ4v) is 2.33. The number of nitrogens with zero attached hydrogens (tertiary/aromatic N) is 2. The van der Waals surface area contributed by atoms with Crippen LogP contribution < -0.4 is 5.32 Å². The van der Waals surface area contributed by atoms with Gasteiger partial charge in [-0.2, -0.15) is 0 Å². The molecule has 3 aromatic rings. The quantitative estimate of drug-likeness (QED) is 0.769. The Morgan fingerprint density at radius 3 is 2.90 bits per heavy atom. The minimum atomic E-state index is -0.333. The number of hydrogen-bond donors (Lipinski definition) is 1. The fraction of sp³-hybridized carbons (Fsp3) is 0.0667. The van der Waals surface area contributed by atoms with E-state index in [1.165, 1.54) is 0 Å². The van der Waals surface area contributed by atoms with Crippen LogP contribution in [0.2, 0.25) is 10.0 Å². The molecule has 0 saturated carbocycles. The van der Waals surface area contributed by atoms with E-state index in [1.807, 2.05) is 25.3 Å². The molecule has 2 aromatic heterocycles. The number of fused-ring (bicyclic) bond motifs is 1. The molecular formula is C15H11Cl2N3O. The summed E-state index contributed by atoms with van der Waals surface area (Å²) in [5, 5.41) is 3.41. The minimum Gasteiger partial charge on any atom is -0.319 e. The second kappa shape index (κ2) is 5.39. The lowest BCUT2D eigenvalue weighted by molar-refractivity contribution is 0.102. The molecule has 106 valence electrons. The summed E-state index contributed by atoms with van der Waals surface area (Å²) in [4.78, 5) is 16.5. The molecule has 0 saturated heterocycles. The number of imidazole rings is 1. The van der Waals surface area contributed by atoms with Gasteiger partial charge < -0.3 is 9.72 Å². The van der Waals surface area contributed by atoms with Crippen LogP contribution in [0.4, 0.5) is 5.69 Å². The molecule has 0 fully saturated rings. The Labute approximate surface area is 131 Å². The van der Waals surface area contributed by atoms with Gasteiger partial charge in [0, 0.05) is 12.4 Å². The van der Waals surface area contributed by atoms with Crippen LogP contribution in [0, 0.1) is 6.92 Å². The van der Waals surface area contributed by atoms with E-state index in [0.717, 1.165) is 11.2 Å². The zero-order chi connectivity index (χ0) is 15.0. The third-order valence-corrected chi connectivity index (χ3v) is 3.87. The van der Waals surface area contributed by atoms with Gasteiger partial charge in [0.05, 0.1) is 15.7 Å². The Hall–Kier alpha value is -2.04. The number of hydrogen-bond acceptors (Lipinski definition) is 2. The number of pyridine rings is 1. The average Bonchev–Trinajstić information content (AvgIpc) is 2.87. The Balaban J connectivity index is 1.91. The van der Waals surface area contributed by atoms with E-state index in [2.05, 4.69) is 10.3 Å². The predicted octanol–water partition coefficient (Wildman–Crippen LogP) is 4.20. The van der Waals surface area contributed by atoms with Crippen LogP contribution in [0.5, 0.6) is 0 Å². The van der Waals surface area contributed by atoms with E-state index in [0.29, 0.717) is 21.4 Å². The van der Waals surface area contributed by atoms with Crippen molar-refractivity contribution < 1.29 is 4.79 Å². The number of aryl methyl sites for hydroxylation is 1. The van der Waals surface area contributed by atoms with Gasteiger partial charge in [0.1, 0.15) is 11.3 Å². The first-order valence-electron chi connectivity index (χ1n) is 6.25. The van der Waals surface area contributed by atoms with Crippen LogP contribution in [-0.4, -0.2) is 15.3 Å². The van der Waals surface area contributed by atoms with Crippen LogP contribution in [0.15, 0.2) is 42.7 Å². The second-order valence-corrected chi connectivity index (χ2v) is 5.44. The summed E-state index contributed by atoms with van der Waals surface area (Å²) in [7, 11) is 0. The molecule has 2 heterocycles. The Bertz CT molecular complexity index is 842. The van der Waals surface area contributed by atoms with Crippen molar-refractivity contribution in [3.63, 3.8) is 0 Å². The number of aromatic nitrogens is 2. The van der Waals surface area contributed by atoms with Gasteiger partial charge in [-0.3, -0.25) is 4.79 Å². The lowest BCUT2D eigenvalue weighted by atomic mass is 10.3. The summed E-state index contributed by atoms with van der Waals surface area (Å²) >= 11 is 12.0. The topological polar surface area (TPSA) is 46.4 Å². The summed E-state index contributed by atoms with van der Waals surface area (Å²) in [6.45, 7) is 1.97. The van der Waals surface area contributed by atoms with E-state index < -0.39 is 0 Å². The van der Waals surface area contributed by atoms with E-state index in [9.17, 15) is 4.79 Å². The van der Waals surface area contributed by atoms with E-state index >= 15 is 0 Å². The van der Waals surface area contributed by atoms with Gasteiger partial charge in [-0.1, -0.05) is 29.3 Å². The van der Waals surface area contributed by atoms with Crippen molar-refractivity contribution in [2.75, 3.05) is 5.32 Å². The number of carbonyl (C=O) groups is 1. The fourth-order valence-electron chi connectivity index (χ4n) is 1.98. The second-order valence-electron chi connectivity index (χ2n) is 4.65. The van der Waals surface area contributed by atoms with Gasteiger partial charge in [-0.25, -0.2) is 4.98 Å². The standard InChI is InChI=1S/C15H11Cl2N3O/c1-9-5-6-20-8-12(18-13(20)7-9)15(21)19-11-4-2-3-10(16)14(11)17/h2-8H,1H3,(H,19,21). The molecule has 0 unspecified atom stereocenters.